The van der Waals surface area contributed by atoms with Crippen LogP contribution in [0.3, 0.4) is 0 Å². The van der Waals surface area contributed by atoms with E-state index in [0.717, 1.165) is 11.8 Å². The number of carbonyl (C=O) groups is 1. The summed E-state index contributed by atoms with van der Waals surface area (Å²) in [5.41, 5.74) is 0.457. The molecule has 0 aliphatic carbocycles. The van der Waals surface area contributed by atoms with Crippen molar-refractivity contribution >= 4 is 16.9 Å². The number of carbonyl (C=O) groups excluding carboxylic acids is 1. The second-order valence-corrected chi connectivity index (χ2v) is 5.69. The lowest BCUT2D eigenvalue weighted by Gasteiger charge is -2.22. The molecule has 1 atom stereocenters. The highest BCUT2D eigenvalue weighted by Crippen LogP contribution is 2.38. The van der Waals surface area contributed by atoms with Gasteiger partial charge < -0.3 is 0 Å². The predicted molar refractivity (Wildman–Crippen MR) is 73.0 cm³/mol. The molecule has 0 saturated carbocycles. The number of rotatable bonds is 7. The summed E-state index contributed by atoms with van der Waals surface area (Å²) >= 11 is 0.894. The number of halogens is 6. The second-order valence-electron chi connectivity index (χ2n) is 4.62. The largest absolute Gasteiger partial charge is 0.425 e. The van der Waals surface area contributed by atoms with Gasteiger partial charge in [-0.1, -0.05) is 42.1 Å². The molecule has 1 aromatic rings. The maximum Gasteiger partial charge on any atom is 0.425 e. The fourth-order valence-electron chi connectivity index (χ4n) is 1.65. The van der Waals surface area contributed by atoms with Crippen LogP contribution in [-0.4, -0.2) is 29.1 Å². The van der Waals surface area contributed by atoms with Gasteiger partial charge in [-0.25, -0.2) is 13.2 Å². The van der Waals surface area contributed by atoms with Crippen LogP contribution in [-0.2, 0) is 0 Å². The molecule has 0 heterocycles. The zero-order chi connectivity index (χ0) is 16.8. The van der Waals surface area contributed by atoms with Crippen LogP contribution in [0, 0.1) is 0 Å². The fourth-order valence-corrected chi connectivity index (χ4v) is 2.49. The van der Waals surface area contributed by atoms with E-state index in [1.165, 1.54) is 0 Å². The molecule has 22 heavy (non-hydrogen) atoms. The van der Waals surface area contributed by atoms with Gasteiger partial charge in [0.15, 0.2) is 0 Å². The van der Waals surface area contributed by atoms with Crippen molar-refractivity contribution in [1.82, 2.24) is 0 Å². The van der Waals surface area contributed by atoms with Gasteiger partial charge in [-0.3, -0.25) is 4.79 Å². The third-order valence-corrected chi connectivity index (χ3v) is 3.80. The maximum atomic E-state index is 13.0. The van der Waals surface area contributed by atoms with E-state index in [1.54, 1.807) is 30.3 Å². The van der Waals surface area contributed by atoms with Crippen molar-refractivity contribution in [3.63, 3.8) is 0 Å². The van der Waals surface area contributed by atoms with E-state index in [4.69, 9.17) is 0 Å². The molecule has 0 aromatic heterocycles. The van der Waals surface area contributed by atoms with Crippen LogP contribution in [0.1, 0.15) is 29.6 Å². The van der Waals surface area contributed by atoms with Gasteiger partial charge in [0.25, 0.3) is 12.1 Å². The summed E-state index contributed by atoms with van der Waals surface area (Å²) < 4.78 is 74.3. The van der Waals surface area contributed by atoms with Gasteiger partial charge in [0.05, 0.1) is 0 Å². The molecule has 0 bridgehead atoms. The Bertz CT molecular complexity index is 474. The van der Waals surface area contributed by atoms with Gasteiger partial charge in [0.2, 0.25) is 5.12 Å². The van der Waals surface area contributed by atoms with Crippen LogP contribution in [0.2, 0.25) is 0 Å². The lowest BCUT2D eigenvalue weighted by Crippen LogP contribution is -2.41. The minimum Gasteiger partial charge on any atom is -0.282 e. The van der Waals surface area contributed by atoms with E-state index in [1.807, 2.05) is 0 Å². The van der Waals surface area contributed by atoms with Crippen LogP contribution < -0.4 is 0 Å². The summed E-state index contributed by atoms with van der Waals surface area (Å²) in [5, 5.41) is -0.244. The maximum absolute atomic E-state index is 13.0. The second kappa shape index (κ2) is 7.89. The number of thioether (sulfide) groups is 1. The van der Waals surface area contributed by atoms with Crippen LogP contribution in [0.4, 0.5) is 26.3 Å². The topological polar surface area (TPSA) is 17.1 Å². The molecule has 0 N–H and O–H groups in total. The molecule has 0 saturated heterocycles. The van der Waals surface area contributed by atoms with Crippen molar-refractivity contribution in [2.24, 2.45) is 0 Å². The van der Waals surface area contributed by atoms with Crippen LogP contribution >= 0.6 is 11.8 Å². The SMILES string of the molecule is O=C(SCCCCC(F)(F)C(F)C(F)(F)F)c1ccccc1. The smallest absolute Gasteiger partial charge is 0.282 e. The molecule has 1 nitrogen and oxygen atoms in total. The summed E-state index contributed by atoms with van der Waals surface area (Å²) in [6.45, 7) is 0. The number of benzene rings is 1. The molecule has 0 radical (unpaired) electrons. The van der Waals surface area contributed by atoms with Crippen molar-refractivity contribution in [2.45, 2.75) is 37.5 Å². The van der Waals surface area contributed by atoms with Gasteiger partial charge in [-0.2, -0.15) is 13.2 Å². The summed E-state index contributed by atoms with van der Waals surface area (Å²) in [6, 6.07) is 8.28. The Morgan fingerprint density at radius 1 is 1.05 bits per heavy atom. The lowest BCUT2D eigenvalue weighted by atomic mass is 10.1. The fraction of sp³-hybridized carbons (Fsp3) is 0.500. The van der Waals surface area contributed by atoms with Crippen molar-refractivity contribution in [2.75, 3.05) is 5.75 Å². The molecule has 0 aliphatic rings. The summed E-state index contributed by atoms with van der Waals surface area (Å²) in [4.78, 5) is 11.7. The lowest BCUT2D eigenvalue weighted by molar-refractivity contribution is -0.245. The predicted octanol–water partition coefficient (Wildman–Crippen LogP) is 5.27. The third-order valence-electron chi connectivity index (χ3n) is 2.81. The Morgan fingerprint density at radius 2 is 1.64 bits per heavy atom. The molecular formula is C14H14F6OS. The highest BCUT2D eigenvalue weighted by atomic mass is 32.2. The standard InChI is InChI=1S/C14H14F6OS/c15-12(14(18,19)20)13(16,17)8-4-5-9-22-11(21)10-6-2-1-3-7-10/h1-3,6-7,12H,4-5,8-9H2. The summed E-state index contributed by atoms with van der Waals surface area (Å²) in [6.07, 6.45) is -11.1. The quantitative estimate of drug-likeness (QED) is 0.495. The average molecular weight is 344 g/mol. The normalized spacial score (nSPS) is 13.9. The third kappa shape index (κ3) is 5.90. The molecule has 0 spiro atoms. The van der Waals surface area contributed by atoms with Crippen molar-refractivity contribution < 1.29 is 31.1 Å². The number of hydrogen-bond acceptors (Lipinski definition) is 2. The van der Waals surface area contributed by atoms with Crippen LogP contribution in [0.5, 0.6) is 0 Å². The van der Waals surface area contributed by atoms with E-state index in [9.17, 15) is 31.1 Å². The first kappa shape index (κ1) is 18.9. The minimum absolute atomic E-state index is 0.101. The molecule has 124 valence electrons. The first-order chi connectivity index (χ1) is 10.1. The summed E-state index contributed by atoms with van der Waals surface area (Å²) in [7, 11) is 0. The molecule has 1 aromatic carbocycles. The first-order valence-electron chi connectivity index (χ1n) is 6.45. The zero-order valence-corrected chi connectivity index (χ0v) is 12.2. The molecular weight excluding hydrogens is 330 g/mol. The van der Waals surface area contributed by atoms with Gasteiger partial charge >= 0.3 is 6.18 Å². The monoisotopic (exact) mass is 344 g/mol. The van der Waals surface area contributed by atoms with E-state index in [0.29, 0.717) is 5.56 Å². The molecule has 1 unspecified atom stereocenters. The number of hydrogen-bond donors (Lipinski definition) is 0. The summed E-state index contributed by atoms with van der Waals surface area (Å²) in [5.74, 6) is -4.25. The van der Waals surface area contributed by atoms with Crippen molar-refractivity contribution in [3.05, 3.63) is 35.9 Å². The highest BCUT2D eigenvalue weighted by molar-refractivity contribution is 8.14. The van der Waals surface area contributed by atoms with Gasteiger partial charge in [0, 0.05) is 17.7 Å². The molecule has 0 aliphatic heterocycles. The van der Waals surface area contributed by atoms with Crippen LogP contribution in [0.15, 0.2) is 30.3 Å². The Balaban J connectivity index is 2.29. The zero-order valence-electron chi connectivity index (χ0n) is 11.4. The van der Waals surface area contributed by atoms with Crippen LogP contribution in [0.25, 0.3) is 0 Å². The average Bonchev–Trinajstić information content (AvgIpc) is 2.45. The molecule has 0 amide bonds. The van der Waals surface area contributed by atoms with Gasteiger partial charge in [0.1, 0.15) is 0 Å². The van der Waals surface area contributed by atoms with Gasteiger partial charge in [-0.05, 0) is 12.8 Å². The Hall–Kier alpha value is -1.18. The number of alkyl halides is 6. The van der Waals surface area contributed by atoms with Crippen molar-refractivity contribution in [3.8, 4) is 0 Å². The Kier molecular flexibility index (Phi) is 6.77. The van der Waals surface area contributed by atoms with Crippen molar-refractivity contribution in [1.29, 1.82) is 0 Å². The first-order valence-corrected chi connectivity index (χ1v) is 7.44. The minimum atomic E-state index is -5.57. The van der Waals surface area contributed by atoms with E-state index in [2.05, 4.69) is 0 Å². The van der Waals surface area contributed by atoms with E-state index >= 15 is 0 Å². The Morgan fingerprint density at radius 3 is 2.18 bits per heavy atom. The van der Waals surface area contributed by atoms with Gasteiger partial charge in [-0.15, -0.1) is 0 Å². The van der Waals surface area contributed by atoms with E-state index in [-0.39, 0.29) is 23.7 Å². The molecule has 1 rings (SSSR count). The Labute approximate surface area is 128 Å². The number of unbranched alkanes of at least 4 members (excludes halogenated alkanes) is 1. The molecule has 8 heteroatoms. The highest BCUT2D eigenvalue weighted by Gasteiger charge is 2.56. The van der Waals surface area contributed by atoms with E-state index < -0.39 is 24.7 Å². The molecule has 0 fully saturated rings.